The second-order valence-corrected chi connectivity index (χ2v) is 9.16. The smallest absolute Gasteiger partial charge is 0.338 e. The second-order valence-electron chi connectivity index (χ2n) is 7.17. The van der Waals surface area contributed by atoms with Gasteiger partial charge < -0.3 is 9.15 Å². The molecule has 3 aromatic heterocycles. The Morgan fingerprint density at radius 2 is 2.03 bits per heavy atom. The van der Waals surface area contributed by atoms with Gasteiger partial charge in [-0.2, -0.15) is 0 Å². The summed E-state index contributed by atoms with van der Waals surface area (Å²) in [6.45, 7) is 1.93. The van der Waals surface area contributed by atoms with Crippen molar-refractivity contribution in [1.29, 1.82) is 0 Å². The Bertz CT molecular complexity index is 1460. The number of aromatic nitrogens is 1. The Balaban J connectivity index is 1.59. The number of fused-ring (bicyclic) bond motifs is 1. The molecular formula is C24H18N2O4S2. The van der Waals surface area contributed by atoms with Crippen LogP contribution in [0.1, 0.15) is 29.2 Å². The third-order valence-electron chi connectivity index (χ3n) is 5.08. The highest BCUT2D eigenvalue weighted by Crippen LogP contribution is 2.33. The average Bonchev–Trinajstić information content (AvgIpc) is 3.55. The van der Waals surface area contributed by atoms with Gasteiger partial charge in [-0.05, 0) is 36.1 Å². The molecule has 0 bridgehead atoms. The number of carbonyl (C=O) groups is 1. The van der Waals surface area contributed by atoms with Crippen LogP contribution in [0.15, 0.2) is 91.7 Å². The highest BCUT2D eigenvalue weighted by molar-refractivity contribution is 7.10. The normalized spacial score (nSPS) is 16.0. The number of thiophene rings is 1. The van der Waals surface area contributed by atoms with Gasteiger partial charge in [0.2, 0.25) is 0 Å². The van der Waals surface area contributed by atoms with E-state index in [0.29, 0.717) is 26.4 Å². The van der Waals surface area contributed by atoms with Crippen molar-refractivity contribution >= 4 is 34.7 Å². The molecule has 8 heteroatoms. The van der Waals surface area contributed by atoms with Gasteiger partial charge in [0.1, 0.15) is 18.4 Å². The Kier molecular flexibility index (Phi) is 5.46. The minimum absolute atomic E-state index is 0.149. The highest BCUT2D eigenvalue weighted by Gasteiger charge is 2.34. The lowest BCUT2D eigenvalue weighted by Crippen LogP contribution is -2.39. The van der Waals surface area contributed by atoms with E-state index in [1.54, 1.807) is 36.0 Å². The summed E-state index contributed by atoms with van der Waals surface area (Å²) in [5, 5.41) is 1.93. The highest BCUT2D eigenvalue weighted by atomic mass is 32.1. The van der Waals surface area contributed by atoms with E-state index in [-0.39, 0.29) is 12.2 Å². The fourth-order valence-corrected chi connectivity index (χ4v) is 5.45. The number of esters is 1. The molecule has 0 spiro atoms. The summed E-state index contributed by atoms with van der Waals surface area (Å²) in [6, 6.07) is 16.3. The third-order valence-corrected chi connectivity index (χ3v) is 6.99. The molecule has 0 N–H and O–H groups in total. The number of benzene rings is 1. The molecular weight excluding hydrogens is 444 g/mol. The number of thiazole rings is 1. The van der Waals surface area contributed by atoms with E-state index in [2.05, 4.69) is 4.99 Å². The average molecular weight is 463 g/mol. The molecule has 160 valence electrons. The number of furan rings is 1. The summed E-state index contributed by atoms with van der Waals surface area (Å²) in [6.07, 6.45) is 3.25. The molecule has 5 rings (SSSR count). The first-order valence-corrected chi connectivity index (χ1v) is 11.6. The van der Waals surface area contributed by atoms with Gasteiger partial charge in [-0.3, -0.25) is 9.36 Å². The Hall–Kier alpha value is -3.49. The lowest BCUT2D eigenvalue weighted by atomic mass is 10.0. The summed E-state index contributed by atoms with van der Waals surface area (Å²) in [5.74, 6) is 0.106. The van der Waals surface area contributed by atoms with Crippen LogP contribution in [0, 0.1) is 0 Å². The van der Waals surface area contributed by atoms with Crippen LogP contribution in [-0.2, 0) is 16.1 Å². The van der Waals surface area contributed by atoms with Crippen LogP contribution >= 0.6 is 22.7 Å². The Morgan fingerprint density at radius 3 is 2.75 bits per heavy atom. The number of rotatable bonds is 5. The monoisotopic (exact) mass is 462 g/mol. The van der Waals surface area contributed by atoms with Crippen molar-refractivity contribution < 1.29 is 13.9 Å². The summed E-state index contributed by atoms with van der Waals surface area (Å²) < 4.78 is 13.1. The van der Waals surface area contributed by atoms with Crippen LogP contribution in [0.5, 0.6) is 0 Å². The summed E-state index contributed by atoms with van der Waals surface area (Å²) in [7, 11) is 0. The molecule has 32 heavy (non-hydrogen) atoms. The summed E-state index contributed by atoms with van der Waals surface area (Å²) in [5.41, 5.74) is 1.60. The van der Waals surface area contributed by atoms with Gasteiger partial charge in [0, 0.05) is 11.0 Å². The van der Waals surface area contributed by atoms with Crippen LogP contribution < -0.4 is 14.9 Å². The van der Waals surface area contributed by atoms with Crippen LogP contribution in [-0.4, -0.2) is 10.5 Å². The van der Waals surface area contributed by atoms with E-state index in [9.17, 15) is 9.59 Å². The SMILES string of the molecule is CC1=C(C(=O)OCc2ccccc2)C(c2cccs2)n2c(s/c(=C\c3ccco3)c2=O)=N1. The van der Waals surface area contributed by atoms with Gasteiger partial charge in [-0.1, -0.05) is 47.7 Å². The maximum Gasteiger partial charge on any atom is 0.338 e. The van der Waals surface area contributed by atoms with Crippen molar-refractivity contribution in [2.24, 2.45) is 4.99 Å². The first-order chi connectivity index (χ1) is 15.6. The number of hydrogen-bond acceptors (Lipinski definition) is 7. The van der Waals surface area contributed by atoms with Crippen LogP contribution in [0.2, 0.25) is 0 Å². The first-order valence-electron chi connectivity index (χ1n) is 9.92. The molecule has 0 aliphatic carbocycles. The van der Waals surface area contributed by atoms with E-state index in [1.165, 1.54) is 22.7 Å². The maximum absolute atomic E-state index is 13.4. The van der Waals surface area contributed by atoms with Crippen molar-refractivity contribution in [3.05, 3.63) is 113 Å². The molecule has 6 nitrogen and oxygen atoms in total. The van der Waals surface area contributed by atoms with Gasteiger partial charge in [0.25, 0.3) is 5.56 Å². The van der Waals surface area contributed by atoms with Crippen molar-refractivity contribution in [3.63, 3.8) is 0 Å². The zero-order chi connectivity index (χ0) is 22.1. The lowest BCUT2D eigenvalue weighted by Gasteiger charge is -2.23. The molecule has 0 saturated carbocycles. The van der Waals surface area contributed by atoms with Crippen molar-refractivity contribution in [3.8, 4) is 0 Å². The number of nitrogens with zero attached hydrogens (tertiary/aromatic N) is 2. The van der Waals surface area contributed by atoms with E-state index in [4.69, 9.17) is 9.15 Å². The number of ether oxygens (including phenoxy) is 1. The minimum atomic E-state index is -0.590. The molecule has 1 aliphatic heterocycles. The molecule has 0 radical (unpaired) electrons. The van der Waals surface area contributed by atoms with Gasteiger partial charge >= 0.3 is 5.97 Å². The summed E-state index contributed by atoms with van der Waals surface area (Å²) in [4.78, 5) is 32.6. The van der Waals surface area contributed by atoms with Crippen molar-refractivity contribution in [1.82, 2.24) is 4.57 Å². The molecule has 1 atom stereocenters. The van der Waals surface area contributed by atoms with Crippen molar-refractivity contribution in [2.45, 2.75) is 19.6 Å². The first kappa shape index (κ1) is 20.4. The molecule has 0 fully saturated rings. The Morgan fingerprint density at radius 1 is 1.19 bits per heavy atom. The predicted octanol–water partition coefficient (Wildman–Crippen LogP) is 3.63. The van der Waals surface area contributed by atoms with Crippen LogP contribution in [0.25, 0.3) is 6.08 Å². The zero-order valence-corrected chi connectivity index (χ0v) is 18.7. The standard InChI is InChI=1S/C24H18N2O4S2/c1-15-20(23(28)30-14-16-7-3-2-4-8-16)21(18-10-6-12-31-18)26-22(27)19(32-24(26)25-15)13-17-9-5-11-29-17/h2-13,21H,14H2,1H3/b19-13-. The molecule has 1 aromatic carbocycles. The molecule has 0 saturated heterocycles. The molecule has 1 unspecified atom stereocenters. The molecule has 1 aliphatic rings. The van der Waals surface area contributed by atoms with E-state index in [1.807, 2.05) is 47.8 Å². The fraction of sp³-hybridized carbons (Fsp3) is 0.125. The van der Waals surface area contributed by atoms with E-state index in [0.717, 1.165) is 10.4 Å². The zero-order valence-electron chi connectivity index (χ0n) is 17.1. The van der Waals surface area contributed by atoms with E-state index < -0.39 is 12.0 Å². The largest absolute Gasteiger partial charge is 0.465 e. The van der Waals surface area contributed by atoms with Gasteiger partial charge in [0.05, 0.1) is 22.1 Å². The van der Waals surface area contributed by atoms with Gasteiger partial charge in [-0.25, -0.2) is 9.79 Å². The van der Waals surface area contributed by atoms with Crippen LogP contribution in [0.3, 0.4) is 0 Å². The number of allylic oxidation sites excluding steroid dienone is 1. The fourth-order valence-electron chi connectivity index (χ4n) is 3.60. The van der Waals surface area contributed by atoms with Gasteiger partial charge in [0.15, 0.2) is 4.80 Å². The lowest BCUT2D eigenvalue weighted by molar-refractivity contribution is -0.140. The quantitative estimate of drug-likeness (QED) is 0.425. The van der Waals surface area contributed by atoms with Crippen molar-refractivity contribution in [2.75, 3.05) is 0 Å². The minimum Gasteiger partial charge on any atom is -0.465 e. The molecule has 4 heterocycles. The third kappa shape index (κ3) is 3.79. The number of carbonyl (C=O) groups excluding carboxylic acids is 1. The maximum atomic E-state index is 13.4. The molecule has 4 aromatic rings. The Labute approximate surface area is 191 Å². The predicted molar refractivity (Wildman–Crippen MR) is 123 cm³/mol. The van der Waals surface area contributed by atoms with Crippen LogP contribution in [0.4, 0.5) is 0 Å². The topological polar surface area (TPSA) is 73.8 Å². The van der Waals surface area contributed by atoms with E-state index >= 15 is 0 Å². The number of hydrogen-bond donors (Lipinski definition) is 0. The second kappa shape index (κ2) is 8.57. The van der Waals surface area contributed by atoms with Gasteiger partial charge in [-0.15, -0.1) is 11.3 Å². The summed E-state index contributed by atoms with van der Waals surface area (Å²) >= 11 is 2.76. The molecule has 0 amide bonds.